The van der Waals surface area contributed by atoms with Gasteiger partial charge in [-0.1, -0.05) is 24.4 Å². The quantitative estimate of drug-likeness (QED) is 0.775. The molecule has 0 aromatic carbocycles. The monoisotopic (exact) mass is 243 g/mol. The SMILES string of the molecule is Clc1ccc(CCCNC2CCCC2)s1. The summed E-state index contributed by atoms with van der Waals surface area (Å²) in [5.41, 5.74) is 0. The van der Waals surface area contributed by atoms with Gasteiger partial charge in [0.15, 0.2) is 0 Å². The van der Waals surface area contributed by atoms with Crippen LogP contribution < -0.4 is 5.32 Å². The van der Waals surface area contributed by atoms with E-state index in [0.717, 1.165) is 23.3 Å². The van der Waals surface area contributed by atoms with E-state index in [0.29, 0.717) is 0 Å². The van der Waals surface area contributed by atoms with E-state index in [2.05, 4.69) is 11.4 Å². The number of hydrogen-bond donors (Lipinski definition) is 1. The third-order valence-corrected chi connectivity index (χ3v) is 4.31. The molecule has 1 aliphatic rings. The summed E-state index contributed by atoms with van der Waals surface area (Å²) >= 11 is 7.59. The average molecular weight is 244 g/mol. The second-order valence-corrected chi connectivity index (χ2v) is 6.04. The minimum atomic E-state index is 0.803. The van der Waals surface area contributed by atoms with Gasteiger partial charge in [-0.15, -0.1) is 11.3 Å². The molecule has 1 heterocycles. The predicted molar refractivity (Wildman–Crippen MR) is 67.9 cm³/mol. The van der Waals surface area contributed by atoms with Gasteiger partial charge in [-0.3, -0.25) is 0 Å². The van der Waals surface area contributed by atoms with Crippen LogP contribution in [0.2, 0.25) is 4.34 Å². The van der Waals surface area contributed by atoms with E-state index in [1.165, 1.54) is 37.0 Å². The van der Waals surface area contributed by atoms with Gasteiger partial charge in [-0.25, -0.2) is 0 Å². The molecule has 1 saturated carbocycles. The van der Waals surface area contributed by atoms with Crippen molar-refractivity contribution in [2.45, 2.75) is 44.6 Å². The van der Waals surface area contributed by atoms with Crippen LogP contribution in [-0.2, 0) is 6.42 Å². The van der Waals surface area contributed by atoms with Crippen molar-refractivity contribution in [3.8, 4) is 0 Å². The molecule has 0 saturated heterocycles. The summed E-state index contributed by atoms with van der Waals surface area (Å²) in [5.74, 6) is 0. The Labute approximate surface area is 101 Å². The largest absolute Gasteiger partial charge is 0.314 e. The molecule has 0 amide bonds. The first-order chi connectivity index (χ1) is 7.34. The zero-order valence-electron chi connectivity index (χ0n) is 8.97. The van der Waals surface area contributed by atoms with E-state index in [1.807, 2.05) is 6.07 Å². The molecule has 0 spiro atoms. The first-order valence-electron chi connectivity index (χ1n) is 5.82. The third kappa shape index (κ3) is 3.78. The molecule has 3 heteroatoms. The highest BCUT2D eigenvalue weighted by atomic mass is 35.5. The Hall–Kier alpha value is -0.0500. The lowest BCUT2D eigenvalue weighted by Gasteiger charge is -2.10. The van der Waals surface area contributed by atoms with E-state index in [9.17, 15) is 0 Å². The summed E-state index contributed by atoms with van der Waals surface area (Å²) in [4.78, 5) is 1.41. The number of hydrogen-bond acceptors (Lipinski definition) is 2. The van der Waals surface area contributed by atoms with Crippen LogP contribution in [-0.4, -0.2) is 12.6 Å². The van der Waals surface area contributed by atoms with E-state index >= 15 is 0 Å². The average Bonchev–Trinajstić information content (AvgIpc) is 2.84. The third-order valence-electron chi connectivity index (χ3n) is 3.02. The normalized spacial score (nSPS) is 17.4. The van der Waals surface area contributed by atoms with Gasteiger partial charge in [0.25, 0.3) is 0 Å². The number of aryl methyl sites for hydroxylation is 1. The maximum Gasteiger partial charge on any atom is 0.0931 e. The predicted octanol–water partition coefficient (Wildman–Crippen LogP) is 3.87. The standard InChI is InChI=1S/C12H18ClNS/c13-12-8-7-11(15-12)6-3-9-14-10-4-1-2-5-10/h7-8,10,14H,1-6,9H2. The van der Waals surface area contributed by atoms with Crippen molar-refractivity contribution in [2.75, 3.05) is 6.54 Å². The van der Waals surface area contributed by atoms with E-state index in [-0.39, 0.29) is 0 Å². The van der Waals surface area contributed by atoms with Crippen molar-refractivity contribution in [1.82, 2.24) is 5.32 Å². The maximum absolute atomic E-state index is 5.88. The minimum Gasteiger partial charge on any atom is -0.314 e. The second kappa shape index (κ2) is 5.88. The Morgan fingerprint density at radius 3 is 2.80 bits per heavy atom. The molecule has 1 aromatic heterocycles. The number of halogens is 1. The molecule has 0 atom stereocenters. The van der Waals surface area contributed by atoms with Gasteiger partial charge in [0, 0.05) is 10.9 Å². The fourth-order valence-corrected chi connectivity index (χ4v) is 3.31. The molecular weight excluding hydrogens is 226 g/mol. The molecule has 0 bridgehead atoms. The van der Waals surface area contributed by atoms with Gasteiger partial charge < -0.3 is 5.32 Å². The lowest BCUT2D eigenvalue weighted by molar-refractivity contribution is 0.516. The smallest absolute Gasteiger partial charge is 0.0931 e. The van der Waals surface area contributed by atoms with Crippen molar-refractivity contribution >= 4 is 22.9 Å². The fourth-order valence-electron chi connectivity index (χ4n) is 2.18. The Morgan fingerprint density at radius 1 is 1.33 bits per heavy atom. The zero-order chi connectivity index (χ0) is 10.5. The van der Waals surface area contributed by atoms with Gasteiger partial charge in [0.05, 0.1) is 4.34 Å². The van der Waals surface area contributed by atoms with Crippen LogP contribution in [0.4, 0.5) is 0 Å². The lowest BCUT2D eigenvalue weighted by Crippen LogP contribution is -2.27. The molecule has 1 N–H and O–H groups in total. The molecule has 1 fully saturated rings. The molecule has 1 aromatic rings. The lowest BCUT2D eigenvalue weighted by atomic mass is 10.2. The summed E-state index contributed by atoms with van der Waals surface area (Å²) in [6, 6.07) is 4.94. The molecule has 0 radical (unpaired) electrons. The first kappa shape index (κ1) is 11.4. The Morgan fingerprint density at radius 2 is 2.13 bits per heavy atom. The topological polar surface area (TPSA) is 12.0 Å². The van der Waals surface area contributed by atoms with E-state index < -0.39 is 0 Å². The summed E-state index contributed by atoms with van der Waals surface area (Å²) < 4.78 is 0.911. The summed E-state index contributed by atoms with van der Waals surface area (Å²) in [6.45, 7) is 1.15. The summed E-state index contributed by atoms with van der Waals surface area (Å²) in [7, 11) is 0. The van der Waals surface area contributed by atoms with Crippen molar-refractivity contribution in [3.05, 3.63) is 21.3 Å². The van der Waals surface area contributed by atoms with Crippen LogP contribution in [0.5, 0.6) is 0 Å². The second-order valence-electron chi connectivity index (χ2n) is 4.24. The molecule has 0 aliphatic heterocycles. The highest BCUT2D eigenvalue weighted by Crippen LogP contribution is 2.22. The van der Waals surface area contributed by atoms with Crippen LogP contribution in [0.3, 0.4) is 0 Å². The van der Waals surface area contributed by atoms with E-state index in [1.54, 1.807) is 11.3 Å². The highest BCUT2D eigenvalue weighted by Gasteiger charge is 2.13. The highest BCUT2D eigenvalue weighted by molar-refractivity contribution is 7.16. The van der Waals surface area contributed by atoms with Gasteiger partial charge >= 0.3 is 0 Å². The zero-order valence-corrected chi connectivity index (χ0v) is 10.5. The molecule has 15 heavy (non-hydrogen) atoms. The Kier molecular flexibility index (Phi) is 4.48. The molecule has 2 rings (SSSR count). The molecule has 0 unspecified atom stereocenters. The van der Waals surface area contributed by atoms with Crippen molar-refractivity contribution in [1.29, 1.82) is 0 Å². The first-order valence-corrected chi connectivity index (χ1v) is 7.01. The van der Waals surface area contributed by atoms with Gasteiger partial charge in [-0.2, -0.15) is 0 Å². The summed E-state index contributed by atoms with van der Waals surface area (Å²) in [6.07, 6.45) is 7.98. The van der Waals surface area contributed by atoms with Crippen LogP contribution in [0.1, 0.15) is 37.0 Å². The van der Waals surface area contributed by atoms with Crippen molar-refractivity contribution in [2.24, 2.45) is 0 Å². The van der Waals surface area contributed by atoms with Crippen LogP contribution >= 0.6 is 22.9 Å². The van der Waals surface area contributed by atoms with Crippen LogP contribution in [0, 0.1) is 0 Å². The fraction of sp³-hybridized carbons (Fsp3) is 0.667. The Balaban J connectivity index is 1.58. The summed E-state index contributed by atoms with van der Waals surface area (Å²) in [5, 5.41) is 3.63. The molecule has 1 nitrogen and oxygen atoms in total. The molecular formula is C12H18ClNS. The van der Waals surface area contributed by atoms with E-state index in [4.69, 9.17) is 11.6 Å². The van der Waals surface area contributed by atoms with Crippen molar-refractivity contribution < 1.29 is 0 Å². The minimum absolute atomic E-state index is 0.803. The van der Waals surface area contributed by atoms with Crippen LogP contribution in [0.25, 0.3) is 0 Å². The number of thiophene rings is 1. The van der Waals surface area contributed by atoms with Crippen LogP contribution in [0.15, 0.2) is 12.1 Å². The van der Waals surface area contributed by atoms with Gasteiger partial charge in [0.2, 0.25) is 0 Å². The maximum atomic E-state index is 5.88. The molecule has 1 aliphatic carbocycles. The van der Waals surface area contributed by atoms with Gasteiger partial charge in [-0.05, 0) is 44.4 Å². The van der Waals surface area contributed by atoms with Gasteiger partial charge in [0.1, 0.15) is 0 Å². The molecule has 84 valence electrons. The number of nitrogens with one attached hydrogen (secondary N) is 1. The Bertz CT molecular complexity index is 292. The number of rotatable bonds is 5. The van der Waals surface area contributed by atoms with Crippen molar-refractivity contribution in [3.63, 3.8) is 0 Å².